The van der Waals surface area contributed by atoms with E-state index in [9.17, 15) is 13.2 Å². The molecule has 0 unspecified atom stereocenters. The van der Waals surface area contributed by atoms with Gasteiger partial charge < -0.3 is 10.5 Å². The summed E-state index contributed by atoms with van der Waals surface area (Å²) in [7, 11) is 1.48. The molecule has 0 radical (unpaired) electrons. The zero-order chi connectivity index (χ0) is 14.9. The van der Waals surface area contributed by atoms with Gasteiger partial charge in [-0.3, -0.25) is 0 Å². The normalized spacial score (nSPS) is 13.3. The molecular formula is C13H14F3N3O. The van der Waals surface area contributed by atoms with Crippen LogP contribution in [0, 0.1) is 0 Å². The topological polar surface area (TPSA) is 53.1 Å². The molecule has 2 N–H and O–H groups in total. The Hall–Kier alpha value is -2.02. The van der Waals surface area contributed by atoms with Gasteiger partial charge in [-0.15, -0.1) is 0 Å². The Morgan fingerprint density at radius 1 is 1.30 bits per heavy atom. The second kappa shape index (κ2) is 5.16. The number of methoxy groups -OCH3 is 1. The average Bonchev–Trinajstić information content (AvgIpc) is 2.86. The number of hydrogen-bond donors (Lipinski definition) is 1. The van der Waals surface area contributed by atoms with Crippen molar-refractivity contribution in [2.45, 2.75) is 19.1 Å². The Morgan fingerprint density at radius 3 is 2.50 bits per heavy atom. The van der Waals surface area contributed by atoms with E-state index >= 15 is 0 Å². The maximum absolute atomic E-state index is 12.6. The second-order valence-corrected chi connectivity index (χ2v) is 4.33. The summed E-state index contributed by atoms with van der Waals surface area (Å²) in [6, 6.07) is 5.55. The monoisotopic (exact) mass is 285 g/mol. The van der Waals surface area contributed by atoms with E-state index in [4.69, 9.17) is 10.5 Å². The van der Waals surface area contributed by atoms with Crippen molar-refractivity contribution >= 4 is 0 Å². The molecule has 0 spiro atoms. The first-order valence-electron chi connectivity index (χ1n) is 5.90. The Balaban J connectivity index is 2.55. The lowest BCUT2D eigenvalue weighted by Gasteiger charge is -2.16. The van der Waals surface area contributed by atoms with Crippen molar-refractivity contribution in [3.63, 3.8) is 0 Å². The van der Waals surface area contributed by atoms with Crippen LogP contribution in [0.15, 0.2) is 30.5 Å². The maximum Gasteiger partial charge on any atom is 0.435 e. The number of rotatable bonds is 3. The van der Waals surface area contributed by atoms with Gasteiger partial charge in [-0.25, -0.2) is 4.68 Å². The largest absolute Gasteiger partial charge is 0.496 e. The fourth-order valence-corrected chi connectivity index (χ4v) is 1.98. The molecule has 0 amide bonds. The SMILES string of the molecule is COc1cccc(-n2ccc(C(F)(F)F)n2)c1[C@@H](C)N. The quantitative estimate of drug-likeness (QED) is 0.943. The number of aromatic nitrogens is 2. The van der Waals surface area contributed by atoms with Gasteiger partial charge in [-0.1, -0.05) is 6.07 Å². The number of halogens is 3. The molecular weight excluding hydrogens is 271 g/mol. The van der Waals surface area contributed by atoms with Gasteiger partial charge in [0.1, 0.15) is 5.75 Å². The summed E-state index contributed by atoms with van der Waals surface area (Å²) in [4.78, 5) is 0. The summed E-state index contributed by atoms with van der Waals surface area (Å²) in [5, 5.41) is 3.55. The molecule has 4 nitrogen and oxygen atoms in total. The summed E-state index contributed by atoms with van der Waals surface area (Å²) >= 11 is 0. The zero-order valence-electron chi connectivity index (χ0n) is 11.0. The predicted octanol–water partition coefficient (Wildman–Crippen LogP) is 2.92. The van der Waals surface area contributed by atoms with Gasteiger partial charge in [0.05, 0.1) is 12.8 Å². The fourth-order valence-electron chi connectivity index (χ4n) is 1.98. The van der Waals surface area contributed by atoms with Crippen molar-refractivity contribution in [1.82, 2.24) is 9.78 Å². The molecule has 2 rings (SSSR count). The van der Waals surface area contributed by atoms with Gasteiger partial charge in [0.2, 0.25) is 0 Å². The summed E-state index contributed by atoms with van der Waals surface area (Å²) in [5.41, 5.74) is 6.00. The second-order valence-electron chi connectivity index (χ2n) is 4.33. The summed E-state index contributed by atoms with van der Waals surface area (Å²) in [6.45, 7) is 1.73. The highest BCUT2D eigenvalue weighted by Crippen LogP contribution is 2.32. The van der Waals surface area contributed by atoms with Crippen molar-refractivity contribution in [3.05, 3.63) is 41.7 Å². The number of nitrogens with zero attached hydrogens (tertiary/aromatic N) is 2. The van der Waals surface area contributed by atoms with Crippen molar-refractivity contribution in [1.29, 1.82) is 0 Å². The van der Waals surface area contributed by atoms with Crippen LogP contribution in [0.3, 0.4) is 0 Å². The van der Waals surface area contributed by atoms with Crippen LogP contribution >= 0.6 is 0 Å². The van der Waals surface area contributed by atoms with Gasteiger partial charge in [0.15, 0.2) is 5.69 Å². The molecule has 108 valence electrons. The van der Waals surface area contributed by atoms with Crippen LogP contribution < -0.4 is 10.5 Å². The van der Waals surface area contributed by atoms with Gasteiger partial charge in [-0.2, -0.15) is 18.3 Å². The fraction of sp³-hybridized carbons (Fsp3) is 0.308. The summed E-state index contributed by atoms with van der Waals surface area (Å²) in [5.74, 6) is 0.515. The Kier molecular flexibility index (Phi) is 3.71. The van der Waals surface area contributed by atoms with Crippen LogP contribution in [0.4, 0.5) is 13.2 Å². The third-order valence-corrected chi connectivity index (χ3v) is 2.84. The van der Waals surface area contributed by atoms with Crippen LogP contribution in [-0.2, 0) is 6.18 Å². The molecule has 0 saturated heterocycles. The van der Waals surface area contributed by atoms with E-state index in [1.54, 1.807) is 25.1 Å². The minimum Gasteiger partial charge on any atom is -0.496 e. The van der Waals surface area contributed by atoms with E-state index in [-0.39, 0.29) is 0 Å². The highest BCUT2D eigenvalue weighted by Gasteiger charge is 2.33. The molecule has 0 aliphatic heterocycles. The Bertz CT molecular complexity index is 605. The van der Waals surface area contributed by atoms with Crippen molar-refractivity contribution in [2.75, 3.05) is 7.11 Å². The van der Waals surface area contributed by atoms with E-state index < -0.39 is 17.9 Å². The minimum absolute atomic E-state index is 0.403. The van der Waals surface area contributed by atoms with Crippen LogP contribution in [-0.4, -0.2) is 16.9 Å². The zero-order valence-corrected chi connectivity index (χ0v) is 11.0. The molecule has 0 aliphatic rings. The lowest BCUT2D eigenvalue weighted by atomic mass is 10.1. The van der Waals surface area contributed by atoms with Crippen molar-refractivity contribution in [2.24, 2.45) is 5.73 Å². The van der Waals surface area contributed by atoms with Gasteiger partial charge in [-0.05, 0) is 25.1 Å². The van der Waals surface area contributed by atoms with E-state index in [1.165, 1.54) is 13.3 Å². The molecule has 1 atom stereocenters. The van der Waals surface area contributed by atoms with E-state index in [0.29, 0.717) is 17.0 Å². The van der Waals surface area contributed by atoms with E-state index in [2.05, 4.69) is 5.10 Å². The Morgan fingerprint density at radius 2 is 2.00 bits per heavy atom. The number of hydrogen-bond acceptors (Lipinski definition) is 3. The standard InChI is InChI=1S/C13H14F3N3O/c1-8(17)12-9(4-3-5-10(12)20-2)19-7-6-11(18-19)13(14,15)16/h3-8H,17H2,1-2H3/t8-/m1/s1. The number of nitrogens with two attached hydrogens (primary N) is 1. The number of ether oxygens (including phenoxy) is 1. The molecule has 1 aromatic carbocycles. The van der Waals surface area contributed by atoms with Crippen molar-refractivity contribution < 1.29 is 17.9 Å². The first-order chi connectivity index (χ1) is 9.34. The Labute approximate surface area is 114 Å². The molecule has 1 aromatic heterocycles. The third-order valence-electron chi connectivity index (χ3n) is 2.84. The molecule has 20 heavy (non-hydrogen) atoms. The molecule has 0 bridgehead atoms. The van der Waals surface area contributed by atoms with Gasteiger partial charge >= 0.3 is 6.18 Å². The smallest absolute Gasteiger partial charge is 0.435 e. The van der Waals surface area contributed by atoms with E-state index in [1.807, 2.05) is 0 Å². The van der Waals surface area contributed by atoms with Gasteiger partial charge in [0.25, 0.3) is 0 Å². The first kappa shape index (κ1) is 14.4. The van der Waals surface area contributed by atoms with Crippen LogP contribution in [0.5, 0.6) is 5.75 Å². The predicted molar refractivity (Wildman–Crippen MR) is 67.7 cm³/mol. The van der Waals surface area contributed by atoms with Gasteiger partial charge in [0, 0.05) is 17.8 Å². The highest BCUT2D eigenvalue weighted by atomic mass is 19.4. The molecule has 0 saturated carbocycles. The van der Waals surface area contributed by atoms with Crippen LogP contribution in [0.25, 0.3) is 5.69 Å². The highest BCUT2D eigenvalue weighted by molar-refractivity contribution is 5.51. The molecule has 2 aromatic rings. The molecule has 1 heterocycles. The van der Waals surface area contributed by atoms with Crippen molar-refractivity contribution in [3.8, 4) is 11.4 Å². The van der Waals surface area contributed by atoms with Crippen LogP contribution in [0.2, 0.25) is 0 Å². The molecule has 0 fully saturated rings. The van der Waals surface area contributed by atoms with Crippen LogP contribution in [0.1, 0.15) is 24.2 Å². The molecule has 0 aliphatic carbocycles. The average molecular weight is 285 g/mol. The maximum atomic E-state index is 12.6. The summed E-state index contributed by atoms with van der Waals surface area (Å²) < 4.78 is 44.1. The number of benzene rings is 1. The molecule has 7 heteroatoms. The number of alkyl halides is 3. The lowest BCUT2D eigenvalue weighted by Crippen LogP contribution is -2.13. The first-order valence-corrected chi connectivity index (χ1v) is 5.90. The lowest BCUT2D eigenvalue weighted by molar-refractivity contribution is -0.141. The summed E-state index contributed by atoms with van der Waals surface area (Å²) in [6.07, 6.45) is -3.22. The van der Waals surface area contributed by atoms with E-state index in [0.717, 1.165) is 10.7 Å². The minimum atomic E-state index is -4.47. The third kappa shape index (κ3) is 2.62.